The van der Waals surface area contributed by atoms with Gasteiger partial charge in [-0.15, -0.1) is 0 Å². The Kier molecular flexibility index (Phi) is 3.83. The molecule has 0 aromatic rings. The highest BCUT2D eigenvalue weighted by Crippen LogP contribution is 2.30. The number of hydrogen-bond acceptors (Lipinski definition) is 2. The van der Waals surface area contributed by atoms with E-state index in [0.717, 1.165) is 12.0 Å². The SMILES string of the molecule is CC/C=C\CC1=C(C)CC(C(=O)O)C1=O. The van der Waals surface area contributed by atoms with Gasteiger partial charge in [0.05, 0.1) is 0 Å². The van der Waals surface area contributed by atoms with Crippen molar-refractivity contribution in [2.75, 3.05) is 0 Å². The first-order valence-corrected chi connectivity index (χ1v) is 5.18. The van der Waals surface area contributed by atoms with Crippen LogP contribution in [0.2, 0.25) is 0 Å². The molecule has 0 amide bonds. The molecule has 0 spiro atoms. The van der Waals surface area contributed by atoms with Crippen molar-refractivity contribution in [2.24, 2.45) is 5.92 Å². The van der Waals surface area contributed by atoms with Crippen molar-refractivity contribution in [1.29, 1.82) is 0 Å². The minimum Gasteiger partial charge on any atom is -0.481 e. The van der Waals surface area contributed by atoms with Crippen LogP contribution in [0, 0.1) is 5.92 Å². The van der Waals surface area contributed by atoms with Gasteiger partial charge in [0.15, 0.2) is 5.78 Å². The van der Waals surface area contributed by atoms with Crippen LogP contribution in [0.4, 0.5) is 0 Å². The number of allylic oxidation sites excluding steroid dienone is 4. The van der Waals surface area contributed by atoms with Crippen molar-refractivity contribution < 1.29 is 14.7 Å². The summed E-state index contributed by atoms with van der Waals surface area (Å²) in [7, 11) is 0. The van der Waals surface area contributed by atoms with Gasteiger partial charge in [-0.25, -0.2) is 0 Å². The Morgan fingerprint density at radius 1 is 1.53 bits per heavy atom. The smallest absolute Gasteiger partial charge is 0.314 e. The van der Waals surface area contributed by atoms with Gasteiger partial charge >= 0.3 is 5.97 Å². The van der Waals surface area contributed by atoms with E-state index in [2.05, 4.69) is 0 Å². The zero-order valence-corrected chi connectivity index (χ0v) is 9.12. The molecule has 1 atom stereocenters. The van der Waals surface area contributed by atoms with Gasteiger partial charge in [-0.2, -0.15) is 0 Å². The summed E-state index contributed by atoms with van der Waals surface area (Å²) in [6.07, 6.45) is 5.80. The van der Waals surface area contributed by atoms with Crippen molar-refractivity contribution in [1.82, 2.24) is 0 Å². The molecule has 0 radical (unpaired) electrons. The normalized spacial score (nSPS) is 21.7. The molecule has 15 heavy (non-hydrogen) atoms. The topological polar surface area (TPSA) is 54.4 Å². The maximum atomic E-state index is 11.7. The average Bonchev–Trinajstić information content (AvgIpc) is 2.45. The number of Topliss-reactive ketones (excluding diaryl/α,β-unsaturated/α-hetero) is 1. The Hall–Kier alpha value is -1.38. The van der Waals surface area contributed by atoms with Crippen molar-refractivity contribution in [3.05, 3.63) is 23.3 Å². The van der Waals surface area contributed by atoms with E-state index < -0.39 is 11.9 Å². The van der Waals surface area contributed by atoms with E-state index in [4.69, 9.17) is 5.11 Å². The maximum absolute atomic E-state index is 11.7. The van der Waals surface area contributed by atoms with Gasteiger partial charge in [0.2, 0.25) is 0 Å². The van der Waals surface area contributed by atoms with E-state index in [9.17, 15) is 9.59 Å². The number of carbonyl (C=O) groups is 2. The van der Waals surface area contributed by atoms with Crippen LogP contribution in [-0.4, -0.2) is 16.9 Å². The van der Waals surface area contributed by atoms with Crippen LogP contribution < -0.4 is 0 Å². The van der Waals surface area contributed by atoms with Crippen LogP contribution in [0.3, 0.4) is 0 Å². The highest BCUT2D eigenvalue weighted by atomic mass is 16.4. The van der Waals surface area contributed by atoms with Crippen LogP contribution >= 0.6 is 0 Å². The van der Waals surface area contributed by atoms with Crippen LogP contribution in [0.1, 0.15) is 33.1 Å². The van der Waals surface area contributed by atoms with Gasteiger partial charge in [0, 0.05) is 0 Å². The van der Waals surface area contributed by atoms with E-state index in [0.29, 0.717) is 18.4 Å². The molecule has 0 fully saturated rings. The molecular formula is C12H16O3. The van der Waals surface area contributed by atoms with Gasteiger partial charge < -0.3 is 5.11 Å². The van der Waals surface area contributed by atoms with Gasteiger partial charge in [-0.3, -0.25) is 9.59 Å². The second kappa shape index (κ2) is 4.91. The first-order valence-electron chi connectivity index (χ1n) is 5.18. The van der Waals surface area contributed by atoms with E-state index in [1.165, 1.54) is 0 Å². The highest BCUT2D eigenvalue weighted by molar-refractivity contribution is 6.10. The van der Waals surface area contributed by atoms with E-state index in [1.54, 1.807) is 0 Å². The average molecular weight is 208 g/mol. The molecule has 0 saturated carbocycles. The largest absolute Gasteiger partial charge is 0.481 e. The molecule has 0 saturated heterocycles. The van der Waals surface area contributed by atoms with E-state index in [1.807, 2.05) is 26.0 Å². The Bertz CT molecular complexity index is 337. The second-order valence-electron chi connectivity index (χ2n) is 3.80. The molecule has 1 aliphatic carbocycles. The zero-order valence-electron chi connectivity index (χ0n) is 9.12. The van der Waals surface area contributed by atoms with Crippen LogP contribution in [0.5, 0.6) is 0 Å². The monoisotopic (exact) mass is 208 g/mol. The molecule has 0 heterocycles. The Morgan fingerprint density at radius 3 is 2.67 bits per heavy atom. The molecule has 1 N–H and O–H groups in total. The summed E-state index contributed by atoms with van der Waals surface area (Å²) in [4.78, 5) is 22.4. The van der Waals surface area contributed by atoms with Crippen LogP contribution in [-0.2, 0) is 9.59 Å². The van der Waals surface area contributed by atoms with Crippen molar-refractivity contribution >= 4 is 11.8 Å². The predicted molar refractivity (Wildman–Crippen MR) is 57.5 cm³/mol. The number of aliphatic carboxylic acids is 1. The minimum absolute atomic E-state index is 0.208. The number of carbonyl (C=O) groups excluding carboxylic acids is 1. The fourth-order valence-corrected chi connectivity index (χ4v) is 1.78. The fourth-order valence-electron chi connectivity index (χ4n) is 1.78. The molecule has 1 rings (SSSR count). The number of carboxylic acids is 1. The predicted octanol–water partition coefficient (Wildman–Crippen LogP) is 2.33. The molecular weight excluding hydrogens is 192 g/mol. The lowest BCUT2D eigenvalue weighted by atomic mass is 10.0. The van der Waals surface area contributed by atoms with Crippen molar-refractivity contribution in [3.8, 4) is 0 Å². The molecule has 82 valence electrons. The summed E-state index contributed by atoms with van der Waals surface area (Å²) in [6.45, 7) is 3.87. The lowest BCUT2D eigenvalue weighted by molar-refractivity contribution is -0.144. The van der Waals surface area contributed by atoms with Gasteiger partial charge in [0.25, 0.3) is 0 Å². The summed E-state index contributed by atoms with van der Waals surface area (Å²) in [5.41, 5.74) is 1.61. The summed E-state index contributed by atoms with van der Waals surface area (Å²) in [5, 5.41) is 8.83. The standard InChI is InChI=1S/C12H16O3/c1-3-4-5-6-9-8(2)7-10(11(9)13)12(14)15/h4-5,10H,3,6-7H2,1-2H3,(H,14,15)/b5-4-. The van der Waals surface area contributed by atoms with Gasteiger partial charge in [-0.05, 0) is 31.8 Å². The lowest BCUT2D eigenvalue weighted by Gasteiger charge is -2.01. The molecule has 0 aromatic heterocycles. The quantitative estimate of drug-likeness (QED) is 0.570. The molecule has 1 unspecified atom stereocenters. The summed E-state index contributed by atoms with van der Waals surface area (Å²) in [6, 6.07) is 0. The summed E-state index contributed by atoms with van der Waals surface area (Å²) in [5.74, 6) is -2.05. The van der Waals surface area contributed by atoms with Crippen LogP contribution in [0.25, 0.3) is 0 Å². The molecule has 3 nitrogen and oxygen atoms in total. The molecule has 3 heteroatoms. The van der Waals surface area contributed by atoms with Gasteiger partial charge in [0.1, 0.15) is 5.92 Å². The number of rotatable bonds is 4. The fraction of sp³-hybridized carbons (Fsp3) is 0.500. The van der Waals surface area contributed by atoms with Gasteiger partial charge in [-0.1, -0.05) is 24.6 Å². The van der Waals surface area contributed by atoms with E-state index >= 15 is 0 Å². The summed E-state index contributed by atoms with van der Waals surface area (Å²) < 4.78 is 0. The maximum Gasteiger partial charge on any atom is 0.314 e. The third-order valence-corrected chi connectivity index (χ3v) is 2.66. The third-order valence-electron chi connectivity index (χ3n) is 2.66. The highest BCUT2D eigenvalue weighted by Gasteiger charge is 2.35. The Morgan fingerprint density at radius 2 is 2.20 bits per heavy atom. The molecule has 0 aliphatic heterocycles. The lowest BCUT2D eigenvalue weighted by Crippen LogP contribution is -2.19. The second-order valence-corrected chi connectivity index (χ2v) is 3.80. The molecule has 0 aromatic carbocycles. The Labute approximate surface area is 89.5 Å². The van der Waals surface area contributed by atoms with Crippen molar-refractivity contribution in [3.63, 3.8) is 0 Å². The molecule has 0 bridgehead atoms. The Balaban J connectivity index is 2.73. The first kappa shape index (κ1) is 11.7. The van der Waals surface area contributed by atoms with E-state index in [-0.39, 0.29) is 5.78 Å². The zero-order chi connectivity index (χ0) is 11.4. The van der Waals surface area contributed by atoms with Crippen LogP contribution in [0.15, 0.2) is 23.3 Å². The molecule has 1 aliphatic rings. The van der Waals surface area contributed by atoms with Crippen molar-refractivity contribution in [2.45, 2.75) is 33.1 Å². The summed E-state index contributed by atoms with van der Waals surface area (Å²) >= 11 is 0. The minimum atomic E-state index is -1.01. The number of carboxylic acid groups (broad SMARTS) is 1. The third kappa shape index (κ3) is 2.55. The number of ketones is 1. The number of hydrogen-bond donors (Lipinski definition) is 1. The first-order chi connectivity index (χ1) is 7.07.